The number of hydrogen-bond acceptors (Lipinski definition) is 4. The molecule has 2 rings (SSSR count). The number of nitrogens with zero attached hydrogens (tertiary/aromatic N) is 3. The average molecular weight is 322 g/mol. The summed E-state index contributed by atoms with van der Waals surface area (Å²) in [6.45, 7) is 12.4. The van der Waals surface area contributed by atoms with E-state index in [0.717, 1.165) is 31.7 Å². The lowest BCUT2D eigenvalue weighted by Gasteiger charge is -2.35. The lowest BCUT2D eigenvalue weighted by Crippen LogP contribution is -2.47. The van der Waals surface area contributed by atoms with Crippen molar-refractivity contribution in [1.29, 1.82) is 0 Å². The predicted molar refractivity (Wildman–Crippen MR) is 90.4 cm³/mol. The van der Waals surface area contributed by atoms with Crippen molar-refractivity contribution < 1.29 is 9.53 Å². The van der Waals surface area contributed by atoms with Gasteiger partial charge in [0.1, 0.15) is 0 Å². The molecule has 1 saturated heterocycles. The number of nitrogens with one attached hydrogen (secondary N) is 1. The molecule has 1 N–H and O–H groups in total. The van der Waals surface area contributed by atoms with E-state index < -0.39 is 0 Å². The fraction of sp³-hybridized carbons (Fsp3) is 0.765. The van der Waals surface area contributed by atoms with Crippen LogP contribution in [0.25, 0.3) is 0 Å². The molecule has 0 saturated carbocycles. The molecule has 130 valence electrons. The van der Waals surface area contributed by atoms with E-state index in [4.69, 9.17) is 4.74 Å². The molecule has 1 aromatic heterocycles. The summed E-state index contributed by atoms with van der Waals surface area (Å²) < 4.78 is 7.70. The Kier molecular flexibility index (Phi) is 6.59. The predicted octanol–water partition coefficient (Wildman–Crippen LogP) is 1.51. The molecule has 0 unspecified atom stereocenters. The normalized spacial score (nSPS) is 19.3. The van der Waals surface area contributed by atoms with Crippen molar-refractivity contribution in [3.8, 4) is 0 Å². The van der Waals surface area contributed by atoms with Crippen LogP contribution in [0.1, 0.15) is 38.1 Å². The minimum Gasteiger partial charge on any atom is -0.375 e. The lowest BCUT2D eigenvalue weighted by atomic mass is 10.1. The van der Waals surface area contributed by atoms with Crippen LogP contribution in [-0.4, -0.2) is 59.0 Å². The van der Waals surface area contributed by atoms with Gasteiger partial charge in [-0.3, -0.25) is 14.4 Å². The van der Waals surface area contributed by atoms with E-state index in [1.807, 2.05) is 11.6 Å². The summed E-state index contributed by atoms with van der Waals surface area (Å²) in [6, 6.07) is 2.57. The zero-order valence-electron chi connectivity index (χ0n) is 14.8. The molecule has 1 atom stereocenters. The topological polar surface area (TPSA) is 59.4 Å². The highest BCUT2D eigenvalue weighted by Crippen LogP contribution is 2.11. The number of aromatic nitrogens is 2. The third-order valence-electron chi connectivity index (χ3n) is 4.29. The van der Waals surface area contributed by atoms with E-state index in [2.05, 4.69) is 42.2 Å². The van der Waals surface area contributed by atoms with Gasteiger partial charge in [0.25, 0.3) is 0 Å². The molecule has 1 amide bonds. The number of aryl methyl sites for hydroxylation is 3. The van der Waals surface area contributed by atoms with Crippen LogP contribution in [0, 0.1) is 13.8 Å². The molecule has 0 radical (unpaired) electrons. The first-order chi connectivity index (χ1) is 11.0. The molecule has 0 bridgehead atoms. The molecule has 2 heterocycles. The summed E-state index contributed by atoms with van der Waals surface area (Å²) >= 11 is 0. The SMILES string of the molecule is Cc1cc(C)n(CCCNC(=O)C[C@H]2CN(C(C)C)CCO2)n1. The molecule has 1 aliphatic rings. The van der Waals surface area contributed by atoms with Crippen LogP contribution in [0.15, 0.2) is 6.07 Å². The van der Waals surface area contributed by atoms with E-state index in [-0.39, 0.29) is 12.0 Å². The first-order valence-electron chi connectivity index (χ1n) is 8.59. The Morgan fingerprint density at radius 2 is 2.26 bits per heavy atom. The molecular weight excluding hydrogens is 292 g/mol. The number of carbonyl (C=O) groups is 1. The maximum atomic E-state index is 12.0. The van der Waals surface area contributed by atoms with Crippen molar-refractivity contribution in [3.05, 3.63) is 17.5 Å². The second-order valence-electron chi connectivity index (χ2n) is 6.64. The highest BCUT2D eigenvalue weighted by Gasteiger charge is 2.24. The summed E-state index contributed by atoms with van der Waals surface area (Å²) in [5, 5.41) is 7.42. The van der Waals surface area contributed by atoms with Gasteiger partial charge in [0.2, 0.25) is 5.91 Å². The largest absolute Gasteiger partial charge is 0.375 e. The smallest absolute Gasteiger partial charge is 0.222 e. The van der Waals surface area contributed by atoms with E-state index in [9.17, 15) is 4.79 Å². The van der Waals surface area contributed by atoms with Gasteiger partial charge in [-0.2, -0.15) is 5.10 Å². The Morgan fingerprint density at radius 1 is 1.48 bits per heavy atom. The molecule has 23 heavy (non-hydrogen) atoms. The van der Waals surface area contributed by atoms with Crippen molar-refractivity contribution in [2.24, 2.45) is 0 Å². The van der Waals surface area contributed by atoms with Crippen molar-refractivity contribution in [1.82, 2.24) is 20.0 Å². The number of rotatable bonds is 7. The highest BCUT2D eigenvalue weighted by atomic mass is 16.5. The average Bonchev–Trinajstić information content (AvgIpc) is 2.82. The Balaban J connectivity index is 1.64. The number of carbonyl (C=O) groups excluding carboxylic acids is 1. The number of hydrogen-bond donors (Lipinski definition) is 1. The first kappa shape index (κ1) is 17.9. The first-order valence-corrected chi connectivity index (χ1v) is 8.59. The van der Waals surface area contributed by atoms with Crippen LogP contribution in [0.3, 0.4) is 0 Å². The number of amides is 1. The van der Waals surface area contributed by atoms with Crippen molar-refractivity contribution in [3.63, 3.8) is 0 Å². The maximum Gasteiger partial charge on any atom is 0.222 e. The minimum atomic E-state index is 0.0159. The summed E-state index contributed by atoms with van der Waals surface area (Å²) in [5.74, 6) is 0.0778. The summed E-state index contributed by atoms with van der Waals surface area (Å²) in [4.78, 5) is 14.4. The number of ether oxygens (including phenoxy) is 1. The van der Waals surface area contributed by atoms with Crippen molar-refractivity contribution >= 4 is 5.91 Å². The van der Waals surface area contributed by atoms with Gasteiger partial charge in [0.05, 0.1) is 24.8 Å². The monoisotopic (exact) mass is 322 g/mol. The Morgan fingerprint density at radius 3 is 2.91 bits per heavy atom. The molecule has 1 fully saturated rings. The van der Waals surface area contributed by atoms with Gasteiger partial charge in [-0.05, 0) is 40.2 Å². The van der Waals surface area contributed by atoms with E-state index in [1.165, 1.54) is 5.69 Å². The van der Waals surface area contributed by atoms with Gasteiger partial charge in [-0.15, -0.1) is 0 Å². The summed E-state index contributed by atoms with van der Waals surface area (Å²) in [5.41, 5.74) is 2.20. The third-order valence-corrected chi connectivity index (χ3v) is 4.29. The van der Waals surface area contributed by atoms with Crippen LogP contribution in [-0.2, 0) is 16.1 Å². The molecule has 0 aliphatic carbocycles. The van der Waals surface area contributed by atoms with Gasteiger partial charge in [-0.1, -0.05) is 0 Å². The van der Waals surface area contributed by atoms with Crippen LogP contribution in [0.2, 0.25) is 0 Å². The zero-order chi connectivity index (χ0) is 16.8. The Labute approximate surface area is 139 Å². The zero-order valence-corrected chi connectivity index (χ0v) is 14.8. The van der Waals surface area contributed by atoms with Gasteiger partial charge in [0, 0.05) is 37.9 Å². The van der Waals surface area contributed by atoms with Gasteiger partial charge in [0.15, 0.2) is 0 Å². The van der Waals surface area contributed by atoms with Gasteiger partial charge in [-0.25, -0.2) is 0 Å². The quantitative estimate of drug-likeness (QED) is 0.773. The third kappa shape index (κ3) is 5.62. The molecule has 6 nitrogen and oxygen atoms in total. The lowest BCUT2D eigenvalue weighted by molar-refractivity contribution is -0.126. The number of morpholine rings is 1. The fourth-order valence-electron chi connectivity index (χ4n) is 2.97. The van der Waals surface area contributed by atoms with Gasteiger partial charge >= 0.3 is 0 Å². The van der Waals surface area contributed by atoms with Crippen molar-refractivity contribution in [2.75, 3.05) is 26.2 Å². The van der Waals surface area contributed by atoms with Crippen LogP contribution in [0.4, 0.5) is 0 Å². The molecule has 6 heteroatoms. The Hall–Kier alpha value is -1.40. The van der Waals surface area contributed by atoms with E-state index in [0.29, 0.717) is 25.6 Å². The fourth-order valence-corrected chi connectivity index (χ4v) is 2.97. The second kappa shape index (κ2) is 8.45. The van der Waals surface area contributed by atoms with Gasteiger partial charge < -0.3 is 10.1 Å². The molecular formula is C17H30N4O2. The maximum absolute atomic E-state index is 12.0. The van der Waals surface area contributed by atoms with Crippen LogP contribution >= 0.6 is 0 Å². The van der Waals surface area contributed by atoms with Crippen LogP contribution in [0.5, 0.6) is 0 Å². The molecule has 0 aromatic carbocycles. The minimum absolute atomic E-state index is 0.0159. The summed E-state index contributed by atoms with van der Waals surface area (Å²) in [7, 11) is 0. The molecule has 1 aliphatic heterocycles. The second-order valence-corrected chi connectivity index (χ2v) is 6.64. The highest BCUT2D eigenvalue weighted by molar-refractivity contribution is 5.76. The summed E-state index contributed by atoms with van der Waals surface area (Å²) in [6.07, 6.45) is 1.35. The van der Waals surface area contributed by atoms with E-state index in [1.54, 1.807) is 0 Å². The Bertz CT molecular complexity index is 513. The van der Waals surface area contributed by atoms with Crippen molar-refractivity contribution in [2.45, 2.75) is 59.2 Å². The molecule has 0 spiro atoms. The molecule has 1 aromatic rings. The van der Waals surface area contributed by atoms with E-state index >= 15 is 0 Å². The standard InChI is InChI=1S/C17H30N4O2/c1-13(2)20-8-9-23-16(12-20)11-17(22)18-6-5-7-21-15(4)10-14(3)19-21/h10,13,16H,5-9,11-12H2,1-4H3,(H,18,22)/t16-/m0/s1. The van der Waals surface area contributed by atoms with Crippen LogP contribution < -0.4 is 5.32 Å².